The third kappa shape index (κ3) is 13.7. The van der Waals surface area contributed by atoms with E-state index >= 15 is 0 Å². The average Bonchev–Trinajstić information content (AvgIpc) is 2.34. The Morgan fingerprint density at radius 1 is 0.519 bits per heavy atom. The van der Waals surface area contributed by atoms with Crippen molar-refractivity contribution < 1.29 is 36.3 Å². The Morgan fingerprint density at radius 3 is 0.815 bits per heavy atom. The van der Waals surface area contributed by atoms with Gasteiger partial charge in [0.25, 0.3) is 0 Å². The molecule has 0 spiro atoms. The molecule has 160 valence electrons. The van der Waals surface area contributed by atoms with E-state index in [1.165, 1.54) is 12.2 Å². The van der Waals surface area contributed by atoms with Gasteiger partial charge >= 0.3 is 16.5 Å². The van der Waals surface area contributed by atoms with Gasteiger partial charge < -0.3 is 10.2 Å². The zero-order valence-electron chi connectivity index (χ0n) is 19.1. The predicted molar refractivity (Wildman–Crippen MR) is 104 cm³/mol. The van der Waals surface area contributed by atoms with Crippen LogP contribution >= 0.6 is 0 Å². The molecule has 0 N–H and O–H groups in total. The Kier molecular flexibility index (Phi) is 11.9. The van der Waals surface area contributed by atoms with E-state index in [0.29, 0.717) is 0 Å². The second-order valence-corrected chi connectivity index (χ2v) is 10.7. The molecule has 0 radical (unpaired) electrons. The molecule has 0 aromatic rings. The molecule has 0 aliphatic rings. The molecule has 0 atom stereocenters. The van der Waals surface area contributed by atoms with E-state index in [2.05, 4.69) is 0 Å². The van der Waals surface area contributed by atoms with E-state index in [1.54, 1.807) is 0 Å². The minimum atomic E-state index is -0.457. The van der Waals surface area contributed by atoms with E-state index in [0.717, 1.165) is 0 Å². The Bertz CT molecular complexity index is 505. The molecule has 0 aromatic heterocycles. The average molecular weight is 425 g/mol. The van der Waals surface area contributed by atoms with E-state index < -0.39 is 21.7 Å². The maximum Gasteiger partial charge on any atom is 2.00 e. The Labute approximate surface area is 176 Å². The number of carbonyl (C=O) groups is 2. The quantitative estimate of drug-likeness (QED) is 0.383. The summed E-state index contributed by atoms with van der Waals surface area (Å²) < 4.78 is 0. The van der Waals surface area contributed by atoms with Gasteiger partial charge in [0.15, 0.2) is 11.6 Å². The standard InChI is InChI=1S/2C11H20O2.Ni/c2*1-10(2,3)8(12)7-9(13)11(4,5)6;/h2*7,12H,1-6H3;/q;;+2/p-2/b2*8-7+;. The Balaban J connectivity index is -0.000000411. The van der Waals surface area contributed by atoms with Crippen molar-refractivity contribution in [2.45, 2.75) is 83.1 Å². The van der Waals surface area contributed by atoms with E-state index in [9.17, 15) is 19.8 Å². The summed E-state index contributed by atoms with van der Waals surface area (Å²) >= 11 is 0. The second kappa shape index (κ2) is 10.5. The summed E-state index contributed by atoms with van der Waals surface area (Å²) in [6, 6.07) is 0. The molecule has 0 saturated carbocycles. The molecule has 0 aliphatic heterocycles. The van der Waals surface area contributed by atoms with Gasteiger partial charge in [0.05, 0.1) is 0 Å². The maximum atomic E-state index is 11.4. The maximum absolute atomic E-state index is 11.4. The topological polar surface area (TPSA) is 80.3 Å². The van der Waals surface area contributed by atoms with Crippen LogP contribution in [0.1, 0.15) is 83.1 Å². The van der Waals surface area contributed by atoms with Gasteiger partial charge in [0.1, 0.15) is 0 Å². The smallest absolute Gasteiger partial charge is 0.875 e. The zero-order chi connectivity index (χ0) is 21.7. The van der Waals surface area contributed by atoms with Crippen LogP contribution in [0.15, 0.2) is 23.7 Å². The van der Waals surface area contributed by atoms with Crippen molar-refractivity contribution in [3.63, 3.8) is 0 Å². The first-order chi connectivity index (χ1) is 11.1. The third-order valence-corrected chi connectivity index (χ3v) is 3.48. The molecular weight excluding hydrogens is 387 g/mol. The van der Waals surface area contributed by atoms with Crippen LogP contribution in [-0.4, -0.2) is 11.6 Å². The van der Waals surface area contributed by atoms with Crippen molar-refractivity contribution in [2.24, 2.45) is 21.7 Å². The summed E-state index contributed by atoms with van der Waals surface area (Å²) in [6.45, 7) is 21.7. The molecule has 0 amide bonds. The monoisotopic (exact) mass is 424 g/mol. The molecule has 0 rings (SSSR count). The Hall–Kier alpha value is -1.09. The first-order valence-corrected chi connectivity index (χ1v) is 8.97. The second-order valence-electron chi connectivity index (χ2n) is 10.7. The fourth-order valence-corrected chi connectivity index (χ4v) is 1.10. The molecule has 0 aliphatic carbocycles. The fourth-order valence-electron chi connectivity index (χ4n) is 1.10. The van der Waals surface area contributed by atoms with Crippen molar-refractivity contribution in [2.75, 3.05) is 0 Å². The van der Waals surface area contributed by atoms with Gasteiger partial charge in [-0.1, -0.05) is 83.1 Å². The molecule has 5 heteroatoms. The van der Waals surface area contributed by atoms with Gasteiger partial charge in [-0.15, -0.1) is 11.5 Å². The first kappa shape index (κ1) is 30.6. The van der Waals surface area contributed by atoms with Crippen LogP contribution in [0.5, 0.6) is 0 Å². The number of hydrogen-bond acceptors (Lipinski definition) is 4. The molecule has 0 bridgehead atoms. The summed E-state index contributed by atoms with van der Waals surface area (Å²) in [5.74, 6) is -0.417. The molecule has 0 fully saturated rings. The van der Waals surface area contributed by atoms with Gasteiger partial charge in [-0.05, 0) is 23.0 Å². The van der Waals surface area contributed by atoms with Crippen LogP contribution in [0.2, 0.25) is 0 Å². The molecule has 0 heterocycles. The summed E-state index contributed by atoms with van der Waals surface area (Å²) in [5.41, 5.74) is -1.83. The fraction of sp³-hybridized carbons (Fsp3) is 0.727. The van der Waals surface area contributed by atoms with Crippen molar-refractivity contribution in [3.05, 3.63) is 23.7 Å². The van der Waals surface area contributed by atoms with Gasteiger partial charge in [0, 0.05) is 10.8 Å². The third-order valence-electron chi connectivity index (χ3n) is 3.48. The molecular formula is C22H38NiO4. The van der Waals surface area contributed by atoms with E-state index in [-0.39, 0.29) is 39.6 Å². The van der Waals surface area contributed by atoms with Gasteiger partial charge in [-0.25, -0.2) is 0 Å². The van der Waals surface area contributed by atoms with Crippen LogP contribution in [0.25, 0.3) is 0 Å². The number of rotatable bonds is 2. The van der Waals surface area contributed by atoms with Gasteiger partial charge in [0.2, 0.25) is 0 Å². The largest absolute Gasteiger partial charge is 2.00 e. The summed E-state index contributed by atoms with van der Waals surface area (Å²) in [6.07, 6.45) is 2.44. The minimum Gasteiger partial charge on any atom is -0.875 e. The van der Waals surface area contributed by atoms with E-state index in [4.69, 9.17) is 0 Å². The zero-order valence-corrected chi connectivity index (χ0v) is 20.1. The van der Waals surface area contributed by atoms with Crippen molar-refractivity contribution >= 4 is 11.6 Å². The molecule has 27 heavy (non-hydrogen) atoms. The van der Waals surface area contributed by atoms with Crippen LogP contribution in [0.3, 0.4) is 0 Å². The number of hydrogen-bond donors (Lipinski definition) is 0. The minimum absolute atomic E-state index is 0. The number of allylic oxidation sites excluding steroid dienone is 4. The van der Waals surface area contributed by atoms with Gasteiger partial charge in [-0.2, -0.15) is 0 Å². The first-order valence-electron chi connectivity index (χ1n) is 8.97. The SMILES string of the molecule is CC(C)(C)C(=O)/C=C(/[O-])C(C)(C)C.CC(C)(C)C(=O)/C=C(/[O-])C(C)(C)C.[Ni+2]. The summed E-state index contributed by atoms with van der Waals surface area (Å²) in [4.78, 5) is 22.9. The molecule has 0 aromatic carbocycles. The van der Waals surface area contributed by atoms with Crippen molar-refractivity contribution in [1.82, 2.24) is 0 Å². The van der Waals surface area contributed by atoms with Crippen LogP contribution in [-0.2, 0) is 26.1 Å². The van der Waals surface area contributed by atoms with Crippen LogP contribution < -0.4 is 10.2 Å². The van der Waals surface area contributed by atoms with Gasteiger partial charge in [-0.3, -0.25) is 9.59 Å². The number of carbonyl (C=O) groups excluding carboxylic acids is 2. The van der Waals surface area contributed by atoms with Crippen molar-refractivity contribution in [1.29, 1.82) is 0 Å². The molecule has 0 saturated heterocycles. The molecule has 0 unspecified atom stereocenters. The number of ketones is 2. The Morgan fingerprint density at radius 2 is 0.704 bits per heavy atom. The predicted octanol–water partition coefficient (Wildman–Crippen LogP) is 3.78. The van der Waals surface area contributed by atoms with E-state index in [1.807, 2.05) is 83.1 Å². The van der Waals surface area contributed by atoms with Crippen LogP contribution in [0.4, 0.5) is 0 Å². The summed E-state index contributed by atoms with van der Waals surface area (Å²) in [5, 5.41) is 22.9. The summed E-state index contributed by atoms with van der Waals surface area (Å²) in [7, 11) is 0. The normalized spacial score (nSPS) is 13.9. The van der Waals surface area contributed by atoms with Crippen LogP contribution in [0, 0.1) is 21.7 Å². The van der Waals surface area contributed by atoms with Crippen molar-refractivity contribution in [3.8, 4) is 0 Å². The molecule has 4 nitrogen and oxygen atoms in total.